The Hall–Kier alpha value is -1.85. The first-order valence-corrected chi connectivity index (χ1v) is 6.36. The maximum atomic E-state index is 13.0. The van der Waals surface area contributed by atoms with Gasteiger partial charge in [0.2, 0.25) is 5.91 Å². The van der Waals surface area contributed by atoms with Crippen LogP contribution in [0.25, 0.3) is 0 Å². The molecule has 0 aliphatic heterocycles. The fraction of sp³-hybridized carbons (Fsp3) is 0.0769. The molecule has 2 rings (SSSR count). The van der Waals surface area contributed by atoms with Gasteiger partial charge in [0.15, 0.2) is 0 Å². The molecule has 2 aromatic rings. The molecule has 0 atom stereocenters. The molecule has 0 saturated carbocycles. The minimum Gasteiger partial charge on any atom is -0.397 e. The number of nitrogens with one attached hydrogen (secondary N) is 1. The number of amides is 1. The SMILES string of the molecule is Nc1ccc(CC(=O)Nc2c(Cl)cc(F)cc2Cl)nc1. The summed E-state index contributed by atoms with van der Waals surface area (Å²) in [6, 6.07) is 5.44. The Morgan fingerprint density at radius 2 is 1.95 bits per heavy atom. The van der Waals surface area contributed by atoms with E-state index >= 15 is 0 Å². The summed E-state index contributed by atoms with van der Waals surface area (Å²) in [5.74, 6) is -0.934. The van der Waals surface area contributed by atoms with E-state index in [1.54, 1.807) is 12.1 Å². The first-order valence-electron chi connectivity index (χ1n) is 5.60. The first kappa shape index (κ1) is 14.6. The lowest BCUT2D eigenvalue weighted by atomic mass is 10.2. The van der Waals surface area contributed by atoms with Crippen LogP contribution in [0.2, 0.25) is 10.0 Å². The zero-order valence-electron chi connectivity index (χ0n) is 10.2. The largest absolute Gasteiger partial charge is 0.397 e. The number of nitrogen functional groups attached to an aromatic ring is 1. The number of carbonyl (C=O) groups excluding carboxylic acids is 1. The molecule has 0 saturated heterocycles. The van der Waals surface area contributed by atoms with Gasteiger partial charge in [-0.2, -0.15) is 0 Å². The van der Waals surface area contributed by atoms with Crippen molar-refractivity contribution < 1.29 is 9.18 Å². The Labute approximate surface area is 124 Å². The third-order valence-corrected chi connectivity index (χ3v) is 3.06. The second-order valence-corrected chi connectivity index (χ2v) is 4.87. The van der Waals surface area contributed by atoms with Crippen LogP contribution in [-0.2, 0) is 11.2 Å². The average Bonchev–Trinajstić information content (AvgIpc) is 2.36. The van der Waals surface area contributed by atoms with Crippen molar-refractivity contribution in [2.45, 2.75) is 6.42 Å². The molecule has 104 valence electrons. The van der Waals surface area contributed by atoms with Gasteiger partial charge >= 0.3 is 0 Å². The second-order valence-electron chi connectivity index (χ2n) is 4.05. The highest BCUT2D eigenvalue weighted by molar-refractivity contribution is 6.39. The Morgan fingerprint density at radius 1 is 1.30 bits per heavy atom. The molecule has 0 spiro atoms. The van der Waals surface area contributed by atoms with Crippen molar-refractivity contribution in [2.24, 2.45) is 0 Å². The monoisotopic (exact) mass is 313 g/mol. The molecule has 4 nitrogen and oxygen atoms in total. The fourth-order valence-electron chi connectivity index (χ4n) is 1.55. The molecule has 0 unspecified atom stereocenters. The molecule has 0 bridgehead atoms. The number of hydrogen-bond donors (Lipinski definition) is 2. The summed E-state index contributed by atoms with van der Waals surface area (Å²) >= 11 is 11.7. The molecule has 1 amide bonds. The van der Waals surface area contributed by atoms with Crippen molar-refractivity contribution in [3.8, 4) is 0 Å². The molecule has 0 aliphatic carbocycles. The minimum atomic E-state index is -0.571. The zero-order valence-corrected chi connectivity index (χ0v) is 11.7. The van der Waals surface area contributed by atoms with Crippen LogP contribution in [0.3, 0.4) is 0 Å². The highest BCUT2D eigenvalue weighted by Gasteiger charge is 2.12. The molecular formula is C13H10Cl2FN3O. The van der Waals surface area contributed by atoms with E-state index in [9.17, 15) is 9.18 Å². The standard InChI is InChI=1S/C13H10Cl2FN3O/c14-10-3-7(16)4-11(15)13(10)19-12(20)5-9-2-1-8(17)6-18-9/h1-4,6H,5,17H2,(H,19,20). The topological polar surface area (TPSA) is 68.0 Å². The van der Waals surface area contributed by atoms with E-state index in [-0.39, 0.29) is 28.1 Å². The number of hydrogen-bond acceptors (Lipinski definition) is 3. The molecular weight excluding hydrogens is 304 g/mol. The Bertz CT molecular complexity index is 624. The van der Waals surface area contributed by atoms with Gasteiger partial charge in [0.05, 0.1) is 34.0 Å². The van der Waals surface area contributed by atoms with Crippen LogP contribution in [0.5, 0.6) is 0 Å². The summed E-state index contributed by atoms with van der Waals surface area (Å²) < 4.78 is 13.0. The van der Waals surface area contributed by atoms with Gasteiger partial charge in [-0.05, 0) is 24.3 Å². The molecule has 1 aromatic heterocycles. The Kier molecular flexibility index (Phi) is 4.42. The molecule has 0 radical (unpaired) electrons. The number of anilines is 2. The number of rotatable bonds is 3. The van der Waals surface area contributed by atoms with Gasteiger partial charge in [-0.1, -0.05) is 23.2 Å². The minimum absolute atomic E-state index is 0.0321. The summed E-state index contributed by atoms with van der Waals surface area (Å²) in [5.41, 5.74) is 6.74. The molecule has 20 heavy (non-hydrogen) atoms. The van der Waals surface area contributed by atoms with Crippen LogP contribution >= 0.6 is 23.2 Å². The quantitative estimate of drug-likeness (QED) is 0.913. The third-order valence-electron chi connectivity index (χ3n) is 2.46. The average molecular weight is 314 g/mol. The van der Waals surface area contributed by atoms with Crippen molar-refractivity contribution in [1.29, 1.82) is 0 Å². The number of pyridine rings is 1. The summed E-state index contributed by atoms with van der Waals surface area (Å²) in [5, 5.41) is 2.60. The highest BCUT2D eigenvalue weighted by atomic mass is 35.5. The highest BCUT2D eigenvalue weighted by Crippen LogP contribution is 2.31. The second kappa shape index (κ2) is 6.07. The smallest absolute Gasteiger partial charge is 0.230 e. The van der Waals surface area contributed by atoms with Crippen molar-refractivity contribution >= 4 is 40.5 Å². The van der Waals surface area contributed by atoms with Crippen LogP contribution in [-0.4, -0.2) is 10.9 Å². The van der Waals surface area contributed by atoms with E-state index in [2.05, 4.69) is 10.3 Å². The van der Waals surface area contributed by atoms with Crippen LogP contribution in [0.15, 0.2) is 30.5 Å². The van der Waals surface area contributed by atoms with E-state index in [0.717, 1.165) is 12.1 Å². The van der Waals surface area contributed by atoms with E-state index in [1.807, 2.05) is 0 Å². The van der Waals surface area contributed by atoms with Crippen molar-refractivity contribution in [2.75, 3.05) is 11.1 Å². The zero-order chi connectivity index (χ0) is 14.7. The lowest BCUT2D eigenvalue weighted by molar-refractivity contribution is -0.115. The van der Waals surface area contributed by atoms with Crippen LogP contribution in [0.1, 0.15) is 5.69 Å². The number of aromatic nitrogens is 1. The number of halogens is 3. The lowest BCUT2D eigenvalue weighted by Gasteiger charge is -2.09. The molecule has 1 heterocycles. The fourth-order valence-corrected chi connectivity index (χ4v) is 2.11. The summed E-state index contributed by atoms with van der Waals surface area (Å²) in [6.45, 7) is 0. The number of nitrogens with zero attached hydrogens (tertiary/aromatic N) is 1. The van der Waals surface area contributed by atoms with E-state index in [1.165, 1.54) is 6.20 Å². The molecule has 3 N–H and O–H groups in total. The van der Waals surface area contributed by atoms with Gasteiger partial charge in [-0.15, -0.1) is 0 Å². The Balaban J connectivity index is 2.10. The van der Waals surface area contributed by atoms with Crippen molar-refractivity contribution in [3.63, 3.8) is 0 Å². The molecule has 0 fully saturated rings. The predicted molar refractivity (Wildman–Crippen MR) is 77.4 cm³/mol. The normalized spacial score (nSPS) is 10.3. The maximum Gasteiger partial charge on any atom is 0.230 e. The molecule has 0 aliphatic rings. The van der Waals surface area contributed by atoms with Crippen LogP contribution < -0.4 is 11.1 Å². The van der Waals surface area contributed by atoms with Gasteiger partial charge in [0.1, 0.15) is 5.82 Å². The predicted octanol–water partition coefficient (Wildman–Crippen LogP) is 3.29. The van der Waals surface area contributed by atoms with E-state index < -0.39 is 5.82 Å². The number of benzene rings is 1. The van der Waals surface area contributed by atoms with Crippen molar-refractivity contribution in [1.82, 2.24) is 4.98 Å². The molecule has 7 heteroatoms. The Morgan fingerprint density at radius 3 is 2.50 bits per heavy atom. The van der Waals surface area contributed by atoms with Gasteiger partial charge in [-0.25, -0.2) is 4.39 Å². The van der Waals surface area contributed by atoms with Gasteiger partial charge in [-0.3, -0.25) is 9.78 Å². The molecule has 1 aromatic carbocycles. The van der Waals surface area contributed by atoms with Crippen molar-refractivity contribution in [3.05, 3.63) is 52.0 Å². The van der Waals surface area contributed by atoms with E-state index in [4.69, 9.17) is 28.9 Å². The van der Waals surface area contributed by atoms with Crippen LogP contribution in [0.4, 0.5) is 15.8 Å². The van der Waals surface area contributed by atoms with E-state index in [0.29, 0.717) is 11.4 Å². The number of carbonyl (C=O) groups is 1. The number of nitrogens with two attached hydrogens (primary N) is 1. The van der Waals surface area contributed by atoms with Gasteiger partial charge < -0.3 is 11.1 Å². The third kappa shape index (κ3) is 3.59. The maximum absolute atomic E-state index is 13.0. The summed E-state index contributed by atoms with van der Waals surface area (Å²) in [6.07, 6.45) is 1.49. The van der Waals surface area contributed by atoms with Gasteiger partial charge in [0.25, 0.3) is 0 Å². The summed E-state index contributed by atoms with van der Waals surface area (Å²) in [4.78, 5) is 15.9. The first-order chi connectivity index (χ1) is 9.45. The van der Waals surface area contributed by atoms with Crippen LogP contribution in [0, 0.1) is 5.82 Å². The summed E-state index contributed by atoms with van der Waals surface area (Å²) in [7, 11) is 0. The lowest BCUT2D eigenvalue weighted by Crippen LogP contribution is -2.16. The van der Waals surface area contributed by atoms with Gasteiger partial charge in [0, 0.05) is 5.69 Å².